The Kier molecular flexibility index (Phi) is 4.14. The van der Waals surface area contributed by atoms with Crippen LogP contribution in [0.4, 0.5) is 0 Å². The first-order valence-electron chi connectivity index (χ1n) is 9.81. The average Bonchev–Trinajstić information content (AvgIpc) is 3.60. The lowest BCUT2D eigenvalue weighted by Crippen LogP contribution is -2.24. The molecule has 1 aliphatic carbocycles. The third kappa shape index (κ3) is 2.63. The van der Waals surface area contributed by atoms with Gasteiger partial charge in [-0.3, -0.25) is 0 Å². The highest BCUT2D eigenvalue weighted by molar-refractivity contribution is 5.93. The van der Waals surface area contributed by atoms with E-state index in [1.54, 1.807) is 13.8 Å². The number of carbonyl (C=O) groups excluding carboxylic acids is 2. The maximum Gasteiger partial charge on any atom is 0.338 e. The minimum Gasteiger partial charge on any atom is -0.464 e. The second-order valence-electron chi connectivity index (χ2n) is 7.39. The van der Waals surface area contributed by atoms with Gasteiger partial charge < -0.3 is 18.9 Å². The zero-order valence-corrected chi connectivity index (χ0v) is 15.8. The van der Waals surface area contributed by atoms with E-state index in [4.69, 9.17) is 18.9 Å². The van der Waals surface area contributed by atoms with Crippen molar-refractivity contribution in [3.05, 3.63) is 47.5 Å². The molecule has 2 aromatic carbocycles. The summed E-state index contributed by atoms with van der Waals surface area (Å²) in [5.41, 5.74) is 2.29. The Balaban J connectivity index is 1.51. The van der Waals surface area contributed by atoms with Gasteiger partial charge in [0.05, 0.1) is 13.2 Å². The molecule has 146 valence electrons. The van der Waals surface area contributed by atoms with Crippen molar-refractivity contribution in [3.8, 4) is 0 Å². The summed E-state index contributed by atoms with van der Waals surface area (Å²) >= 11 is 0. The first-order valence-corrected chi connectivity index (χ1v) is 9.81. The summed E-state index contributed by atoms with van der Waals surface area (Å²) in [7, 11) is 0. The fourth-order valence-electron chi connectivity index (χ4n) is 4.73. The van der Waals surface area contributed by atoms with Crippen LogP contribution in [0.2, 0.25) is 0 Å². The normalized spacial score (nSPS) is 32.2. The van der Waals surface area contributed by atoms with Crippen molar-refractivity contribution in [1.82, 2.24) is 0 Å². The summed E-state index contributed by atoms with van der Waals surface area (Å²) in [4.78, 5) is 24.4. The van der Waals surface area contributed by atoms with Crippen molar-refractivity contribution in [3.63, 3.8) is 0 Å². The monoisotopic (exact) mass is 382 g/mol. The van der Waals surface area contributed by atoms with Gasteiger partial charge in [0, 0.05) is 11.8 Å². The van der Waals surface area contributed by atoms with Gasteiger partial charge in [-0.15, -0.1) is 0 Å². The highest BCUT2D eigenvalue weighted by atomic mass is 16.6. The number of ether oxygens (including phenoxy) is 4. The number of hydrogen-bond donors (Lipinski definition) is 0. The van der Waals surface area contributed by atoms with Crippen molar-refractivity contribution in [2.45, 2.75) is 50.1 Å². The van der Waals surface area contributed by atoms with Crippen LogP contribution < -0.4 is 0 Å². The summed E-state index contributed by atoms with van der Waals surface area (Å²) in [6, 6.07) is 12.4. The molecule has 0 saturated carbocycles. The molecule has 0 aromatic heterocycles. The molecule has 6 nitrogen and oxygen atoms in total. The molecular weight excluding hydrogens is 360 g/mol. The van der Waals surface area contributed by atoms with E-state index in [0.717, 1.165) is 16.5 Å². The molecule has 2 saturated heterocycles. The number of rotatable bonds is 6. The quantitative estimate of drug-likeness (QED) is 0.565. The van der Waals surface area contributed by atoms with E-state index >= 15 is 0 Å². The van der Waals surface area contributed by atoms with E-state index in [1.807, 2.05) is 12.1 Å². The van der Waals surface area contributed by atoms with Crippen LogP contribution in [0.25, 0.3) is 10.8 Å². The SMILES string of the molecule is CCOC(=O)[C@@H]1O[C@@H]1[C@H]1c2cccc3cccc(c23)[C@H]1[C@H]1O[C@H]1C(=O)OCC. The Bertz CT molecular complexity index is 880. The molecule has 6 heteroatoms. The molecule has 2 fully saturated rings. The minimum absolute atomic E-state index is 0.0556. The van der Waals surface area contributed by atoms with E-state index in [9.17, 15) is 9.59 Å². The zero-order chi connectivity index (χ0) is 19.4. The third-order valence-electron chi connectivity index (χ3n) is 5.87. The van der Waals surface area contributed by atoms with Crippen LogP contribution in [-0.2, 0) is 28.5 Å². The van der Waals surface area contributed by atoms with Gasteiger partial charge in [0.25, 0.3) is 0 Å². The predicted molar refractivity (Wildman–Crippen MR) is 100 cm³/mol. The summed E-state index contributed by atoms with van der Waals surface area (Å²) < 4.78 is 21.8. The van der Waals surface area contributed by atoms with Crippen LogP contribution in [0.3, 0.4) is 0 Å². The highest BCUT2D eigenvalue weighted by Gasteiger charge is 2.62. The lowest BCUT2D eigenvalue weighted by molar-refractivity contribution is -0.145. The topological polar surface area (TPSA) is 77.7 Å². The van der Waals surface area contributed by atoms with E-state index < -0.39 is 12.2 Å². The van der Waals surface area contributed by atoms with Crippen molar-refractivity contribution >= 4 is 22.7 Å². The van der Waals surface area contributed by atoms with Crippen LogP contribution in [0, 0.1) is 0 Å². The number of esters is 2. The molecule has 2 aliphatic heterocycles. The maximum absolute atomic E-state index is 12.2. The van der Waals surface area contributed by atoms with Crippen LogP contribution in [-0.4, -0.2) is 49.6 Å². The lowest BCUT2D eigenvalue weighted by Gasteiger charge is -2.18. The summed E-state index contributed by atoms with van der Waals surface area (Å²) in [6.07, 6.45) is -1.66. The Morgan fingerprint density at radius 1 is 0.821 bits per heavy atom. The number of hydrogen-bond acceptors (Lipinski definition) is 6. The van der Waals surface area contributed by atoms with Gasteiger partial charge in [-0.05, 0) is 35.7 Å². The van der Waals surface area contributed by atoms with Gasteiger partial charge in [-0.25, -0.2) is 9.59 Å². The van der Waals surface area contributed by atoms with Crippen molar-refractivity contribution in [1.29, 1.82) is 0 Å². The molecule has 0 bridgehead atoms. The Labute approximate surface area is 162 Å². The molecule has 0 spiro atoms. The largest absolute Gasteiger partial charge is 0.464 e. The van der Waals surface area contributed by atoms with Gasteiger partial charge in [0.2, 0.25) is 0 Å². The number of carbonyl (C=O) groups is 2. The van der Waals surface area contributed by atoms with Gasteiger partial charge >= 0.3 is 11.9 Å². The van der Waals surface area contributed by atoms with Crippen molar-refractivity contribution < 1.29 is 28.5 Å². The second-order valence-corrected chi connectivity index (χ2v) is 7.39. The standard InChI is InChI=1S/C22H22O6/c1-3-25-21(23)19-17(27-19)15-12-9-5-7-11-8-6-10-13(14(11)12)16(15)18-20(28-18)22(24)26-4-2/h5-10,15-20H,3-4H2,1-2H3/t15-,16+,17-,18-,19-,20-/m1/s1. The third-order valence-corrected chi connectivity index (χ3v) is 5.87. The molecule has 28 heavy (non-hydrogen) atoms. The van der Waals surface area contributed by atoms with E-state index in [-0.39, 0.29) is 36.0 Å². The van der Waals surface area contributed by atoms with Crippen LogP contribution in [0.1, 0.15) is 36.8 Å². The van der Waals surface area contributed by atoms with E-state index in [1.165, 1.54) is 5.39 Å². The highest BCUT2D eigenvalue weighted by Crippen LogP contribution is 2.58. The molecule has 0 radical (unpaired) electrons. The summed E-state index contributed by atoms with van der Waals surface area (Å²) in [6.45, 7) is 4.22. The Hall–Kier alpha value is -2.44. The van der Waals surface area contributed by atoms with Crippen LogP contribution >= 0.6 is 0 Å². The van der Waals surface area contributed by atoms with Crippen LogP contribution in [0.15, 0.2) is 36.4 Å². The smallest absolute Gasteiger partial charge is 0.338 e. The molecule has 3 aliphatic rings. The summed E-state index contributed by atoms with van der Waals surface area (Å²) in [5.74, 6) is -0.763. The van der Waals surface area contributed by atoms with E-state index in [2.05, 4.69) is 24.3 Å². The first kappa shape index (κ1) is 17.6. The number of epoxide rings is 2. The maximum atomic E-state index is 12.2. The molecular formula is C22H22O6. The fraction of sp³-hybridized carbons (Fsp3) is 0.455. The lowest BCUT2D eigenvalue weighted by atomic mass is 9.82. The minimum atomic E-state index is -0.559. The molecule has 0 unspecified atom stereocenters. The van der Waals surface area contributed by atoms with Crippen LogP contribution in [0.5, 0.6) is 0 Å². The van der Waals surface area contributed by atoms with Gasteiger partial charge in [-0.1, -0.05) is 36.4 Å². The molecule has 2 aromatic rings. The fourth-order valence-corrected chi connectivity index (χ4v) is 4.73. The second kappa shape index (κ2) is 6.57. The first-order chi connectivity index (χ1) is 13.7. The van der Waals surface area contributed by atoms with E-state index in [0.29, 0.717) is 13.2 Å². The molecule has 0 amide bonds. The zero-order valence-electron chi connectivity index (χ0n) is 15.8. The van der Waals surface area contributed by atoms with Gasteiger partial charge in [-0.2, -0.15) is 0 Å². The van der Waals surface area contributed by atoms with Crippen molar-refractivity contribution in [2.24, 2.45) is 0 Å². The summed E-state index contributed by atoms with van der Waals surface area (Å²) in [5, 5.41) is 2.32. The predicted octanol–water partition coefficient (Wildman–Crippen LogP) is 2.68. The molecule has 2 heterocycles. The van der Waals surface area contributed by atoms with Gasteiger partial charge in [0.1, 0.15) is 12.2 Å². The van der Waals surface area contributed by atoms with Gasteiger partial charge in [0.15, 0.2) is 12.2 Å². The van der Waals surface area contributed by atoms with Crippen molar-refractivity contribution in [2.75, 3.05) is 13.2 Å². The Morgan fingerprint density at radius 3 is 1.71 bits per heavy atom. The molecule has 6 atom stereocenters. The number of benzene rings is 2. The molecule has 0 N–H and O–H groups in total. The average molecular weight is 382 g/mol. The molecule has 5 rings (SSSR count). The Morgan fingerprint density at radius 2 is 1.29 bits per heavy atom.